The van der Waals surface area contributed by atoms with Crippen molar-refractivity contribution >= 4 is 37.5 Å². The number of benzene rings is 3. The van der Waals surface area contributed by atoms with Gasteiger partial charge in [0.2, 0.25) is 0 Å². The van der Waals surface area contributed by atoms with Crippen molar-refractivity contribution in [3.8, 4) is 5.75 Å². The maximum Gasteiger partial charge on any atom is 0.261 e. The van der Waals surface area contributed by atoms with Gasteiger partial charge in [0, 0.05) is 16.6 Å². The molecular weight excluding hydrogens is 468 g/mol. The summed E-state index contributed by atoms with van der Waals surface area (Å²) >= 11 is 3.35. The molecule has 30 heavy (non-hydrogen) atoms. The normalized spacial score (nSPS) is 11.0. The molecule has 0 fully saturated rings. The van der Waals surface area contributed by atoms with E-state index in [1.165, 1.54) is 12.1 Å². The molecule has 1 amide bonds. The fourth-order valence-corrected chi connectivity index (χ4v) is 4.35. The van der Waals surface area contributed by atoms with E-state index in [9.17, 15) is 13.2 Å². The van der Waals surface area contributed by atoms with Gasteiger partial charge in [0.1, 0.15) is 5.75 Å². The second-order valence-corrected chi connectivity index (χ2v) is 9.18. The summed E-state index contributed by atoms with van der Waals surface area (Å²) in [5, 5.41) is 2.80. The number of methoxy groups -OCH3 is 1. The molecule has 3 aromatic carbocycles. The van der Waals surface area contributed by atoms with Crippen molar-refractivity contribution in [2.24, 2.45) is 0 Å². The van der Waals surface area contributed by atoms with Crippen LogP contribution in [0.2, 0.25) is 0 Å². The Morgan fingerprint density at radius 2 is 1.77 bits per heavy atom. The smallest absolute Gasteiger partial charge is 0.261 e. The quantitative estimate of drug-likeness (QED) is 0.512. The van der Waals surface area contributed by atoms with Gasteiger partial charge in [0.15, 0.2) is 0 Å². The number of anilines is 1. The van der Waals surface area contributed by atoms with Crippen LogP contribution in [-0.2, 0) is 16.6 Å². The highest BCUT2D eigenvalue weighted by atomic mass is 79.9. The first-order valence-electron chi connectivity index (χ1n) is 9.08. The molecule has 8 heteroatoms. The van der Waals surface area contributed by atoms with Crippen LogP contribution in [0.15, 0.2) is 76.1 Å². The van der Waals surface area contributed by atoms with Gasteiger partial charge in [-0.3, -0.25) is 9.52 Å². The predicted molar refractivity (Wildman–Crippen MR) is 120 cm³/mol. The van der Waals surface area contributed by atoms with Crippen molar-refractivity contribution in [2.75, 3.05) is 11.8 Å². The number of carbonyl (C=O) groups excluding carboxylic acids is 1. The minimum absolute atomic E-state index is 0.00741. The number of aryl methyl sites for hydroxylation is 1. The molecule has 0 heterocycles. The predicted octanol–water partition coefficient (Wildman–Crippen LogP) is 4.50. The molecular formula is C22H21BrN2O4S. The number of sulfonamides is 1. The van der Waals surface area contributed by atoms with Crippen LogP contribution in [0.5, 0.6) is 5.75 Å². The summed E-state index contributed by atoms with van der Waals surface area (Å²) in [6.45, 7) is 2.19. The number of nitrogens with one attached hydrogen (secondary N) is 2. The van der Waals surface area contributed by atoms with Crippen molar-refractivity contribution in [1.82, 2.24) is 5.32 Å². The third-order valence-electron chi connectivity index (χ3n) is 4.38. The van der Waals surface area contributed by atoms with E-state index in [0.29, 0.717) is 16.7 Å². The monoisotopic (exact) mass is 488 g/mol. The molecule has 0 atom stereocenters. The second-order valence-electron chi connectivity index (χ2n) is 6.65. The van der Waals surface area contributed by atoms with Gasteiger partial charge in [0.05, 0.1) is 17.7 Å². The molecule has 0 saturated carbocycles. The van der Waals surface area contributed by atoms with Crippen molar-refractivity contribution in [3.63, 3.8) is 0 Å². The highest BCUT2D eigenvalue weighted by Gasteiger charge is 2.18. The van der Waals surface area contributed by atoms with E-state index in [1.54, 1.807) is 31.4 Å². The molecule has 0 radical (unpaired) electrons. The Hall–Kier alpha value is -2.84. The summed E-state index contributed by atoms with van der Waals surface area (Å²) in [4.78, 5) is 12.5. The van der Waals surface area contributed by atoms with Crippen LogP contribution in [0.3, 0.4) is 0 Å². The number of halogens is 1. The van der Waals surface area contributed by atoms with Crippen molar-refractivity contribution in [1.29, 1.82) is 0 Å². The van der Waals surface area contributed by atoms with Gasteiger partial charge in [-0.15, -0.1) is 0 Å². The first kappa shape index (κ1) is 21.9. The fraction of sp³-hybridized carbons (Fsp3) is 0.136. The Bertz CT molecular complexity index is 1160. The summed E-state index contributed by atoms with van der Waals surface area (Å²) in [6.07, 6.45) is 0. The van der Waals surface area contributed by atoms with E-state index >= 15 is 0 Å². The molecule has 0 aliphatic carbocycles. The summed E-state index contributed by atoms with van der Waals surface area (Å²) in [5.41, 5.74) is 2.51. The second kappa shape index (κ2) is 9.32. The average Bonchev–Trinajstić information content (AvgIpc) is 2.75. The van der Waals surface area contributed by atoms with Crippen LogP contribution in [-0.4, -0.2) is 21.4 Å². The largest absolute Gasteiger partial charge is 0.497 e. The summed E-state index contributed by atoms with van der Waals surface area (Å²) < 4.78 is 33.9. The van der Waals surface area contributed by atoms with Gasteiger partial charge in [-0.05, 0) is 76.4 Å². The fourth-order valence-electron chi connectivity index (χ4n) is 2.75. The number of ether oxygens (including phenoxy) is 1. The van der Waals surface area contributed by atoms with Crippen LogP contribution in [0.1, 0.15) is 21.5 Å². The van der Waals surface area contributed by atoms with E-state index in [4.69, 9.17) is 4.74 Å². The highest BCUT2D eigenvalue weighted by Crippen LogP contribution is 2.26. The maximum absolute atomic E-state index is 12.8. The van der Waals surface area contributed by atoms with Gasteiger partial charge < -0.3 is 10.1 Å². The molecule has 0 spiro atoms. The number of carbonyl (C=O) groups is 1. The Labute approximate surface area is 184 Å². The minimum atomic E-state index is -3.86. The Kier molecular flexibility index (Phi) is 6.79. The average molecular weight is 489 g/mol. The van der Waals surface area contributed by atoms with E-state index in [-0.39, 0.29) is 16.4 Å². The van der Waals surface area contributed by atoms with Gasteiger partial charge >= 0.3 is 0 Å². The van der Waals surface area contributed by atoms with Crippen LogP contribution < -0.4 is 14.8 Å². The number of hydrogen-bond acceptors (Lipinski definition) is 4. The third kappa shape index (κ3) is 5.40. The highest BCUT2D eigenvalue weighted by molar-refractivity contribution is 9.10. The minimum Gasteiger partial charge on any atom is -0.497 e. The summed E-state index contributed by atoms with van der Waals surface area (Å²) in [6, 6.07) is 18.6. The first-order valence-corrected chi connectivity index (χ1v) is 11.4. The van der Waals surface area contributed by atoms with Crippen molar-refractivity contribution < 1.29 is 17.9 Å². The Morgan fingerprint density at radius 3 is 2.47 bits per heavy atom. The number of rotatable bonds is 7. The van der Waals surface area contributed by atoms with Crippen molar-refractivity contribution in [2.45, 2.75) is 18.4 Å². The molecule has 0 aliphatic rings. The van der Waals surface area contributed by atoms with Crippen LogP contribution in [0.4, 0.5) is 5.69 Å². The first-order chi connectivity index (χ1) is 14.3. The SMILES string of the molecule is COc1ccc(CNC(=O)c2cccc(S(=O)(=O)Nc3cc(C)ccc3Br)c2)cc1. The standard InChI is InChI=1S/C22H21BrN2O4S/c1-15-6-11-20(23)21(12-15)25-30(27,28)19-5-3-4-17(13-19)22(26)24-14-16-7-9-18(29-2)10-8-16/h3-13,25H,14H2,1-2H3,(H,24,26). The van der Waals surface area contributed by atoms with E-state index in [0.717, 1.165) is 16.9 Å². The lowest BCUT2D eigenvalue weighted by Gasteiger charge is -2.12. The van der Waals surface area contributed by atoms with E-state index < -0.39 is 10.0 Å². The molecule has 3 aromatic rings. The van der Waals surface area contributed by atoms with Crippen molar-refractivity contribution in [3.05, 3.63) is 87.9 Å². The zero-order chi connectivity index (χ0) is 21.7. The molecule has 0 unspecified atom stereocenters. The van der Waals surface area contributed by atoms with E-state index in [1.807, 2.05) is 37.3 Å². The molecule has 0 bridgehead atoms. The van der Waals surface area contributed by atoms with Gasteiger partial charge in [-0.2, -0.15) is 0 Å². The van der Waals surface area contributed by atoms with E-state index in [2.05, 4.69) is 26.0 Å². The molecule has 3 rings (SSSR count). The zero-order valence-corrected chi connectivity index (χ0v) is 18.9. The molecule has 0 aromatic heterocycles. The molecule has 156 valence electrons. The summed E-state index contributed by atoms with van der Waals surface area (Å²) in [5.74, 6) is 0.371. The van der Waals surface area contributed by atoms with Crippen LogP contribution in [0, 0.1) is 6.92 Å². The molecule has 2 N–H and O–H groups in total. The topological polar surface area (TPSA) is 84.5 Å². The Balaban J connectivity index is 1.73. The zero-order valence-electron chi connectivity index (χ0n) is 16.5. The van der Waals surface area contributed by atoms with Gasteiger partial charge in [-0.1, -0.05) is 24.3 Å². The number of amides is 1. The Morgan fingerprint density at radius 1 is 1.03 bits per heavy atom. The van der Waals surface area contributed by atoms with Gasteiger partial charge in [0.25, 0.3) is 15.9 Å². The van der Waals surface area contributed by atoms with Gasteiger partial charge in [-0.25, -0.2) is 8.42 Å². The molecule has 0 aliphatic heterocycles. The summed E-state index contributed by atoms with van der Waals surface area (Å²) in [7, 11) is -2.27. The lowest BCUT2D eigenvalue weighted by Crippen LogP contribution is -2.23. The maximum atomic E-state index is 12.8. The third-order valence-corrected chi connectivity index (χ3v) is 6.44. The molecule has 6 nitrogen and oxygen atoms in total. The number of hydrogen-bond donors (Lipinski definition) is 2. The van der Waals surface area contributed by atoms with Crippen LogP contribution in [0.25, 0.3) is 0 Å². The lowest BCUT2D eigenvalue weighted by atomic mass is 10.2. The van der Waals surface area contributed by atoms with Crippen LogP contribution >= 0.6 is 15.9 Å². The molecule has 0 saturated heterocycles. The lowest BCUT2D eigenvalue weighted by molar-refractivity contribution is 0.0950.